The number of aromatic nitrogens is 2. The first-order chi connectivity index (χ1) is 7.38. The summed E-state index contributed by atoms with van der Waals surface area (Å²) >= 11 is 4.94. The van der Waals surface area contributed by atoms with Crippen LogP contribution in [0.2, 0.25) is 0 Å². The molecule has 92 valence electrons. The number of hydrogen-bond acceptors (Lipinski definition) is 3. The van der Waals surface area contributed by atoms with Gasteiger partial charge in [0.2, 0.25) is 0 Å². The maximum absolute atomic E-state index is 12.9. The van der Waals surface area contributed by atoms with E-state index in [4.69, 9.17) is 17.4 Å². The first-order valence-electron chi connectivity index (χ1n) is 4.93. The number of nitrogens with two attached hydrogens (primary N) is 1. The molecule has 0 amide bonds. The van der Waals surface area contributed by atoms with Crippen molar-refractivity contribution >= 4 is 11.6 Å². The fourth-order valence-electron chi connectivity index (χ4n) is 1.41. The van der Waals surface area contributed by atoms with E-state index in [0.29, 0.717) is 5.69 Å². The second-order valence-corrected chi connectivity index (χ2v) is 4.07. The molecule has 0 radical (unpaired) electrons. The van der Waals surface area contributed by atoms with Crippen molar-refractivity contribution in [3.05, 3.63) is 17.5 Å². The number of hydrogen-bond donors (Lipinski definition) is 2. The topological polar surface area (TPSA) is 55.9 Å². The molecule has 0 fully saturated rings. The Morgan fingerprint density at radius 1 is 1.69 bits per heavy atom. The largest absolute Gasteiger partial charge is 0.338 e. The third-order valence-electron chi connectivity index (χ3n) is 2.40. The van der Waals surface area contributed by atoms with Crippen LogP contribution in [0, 0.1) is 0 Å². The number of hydrazine groups is 1. The van der Waals surface area contributed by atoms with Gasteiger partial charge < -0.3 is 0 Å². The summed E-state index contributed by atoms with van der Waals surface area (Å²) in [7, 11) is 1.70. The fraction of sp³-hybridized carbons (Fsp3) is 0.667. The van der Waals surface area contributed by atoms with Crippen molar-refractivity contribution in [2.75, 3.05) is 0 Å². The van der Waals surface area contributed by atoms with Gasteiger partial charge in [0, 0.05) is 19.2 Å². The smallest absolute Gasteiger partial charge is 0.272 e. The van der Waals surface area contributed by atoms with Crippen LogP contribution in [-0.4, -0.2) is 21.2 Å². The highest BCUT2D eigenvalue weighted by Crippen LogP contribution is 2.25. The summed E-state index contributed by atoms with van der Waals surface area (Å²) in [5.74, 6) is 5.05. The lowest BCUT2D eigenvalue weighted by Crippen LogP contribution is -2.47. The normalized spacial score (nSPS) is 14.1. The molecule has 0 aromatic carbocycles. The number of alkyl halides is 3. The average Bonchev–Trinajstić information content (AvgIpc) is 2.54. The van der Waals surface area contributed by atoms with Crippen LogP contribution in [0.25, 0.3) is 0 Å². The molecule has 0 aliphatic carbocycles. The molecule has 0 bridgehead atoms. The van der Waals surface area contributed by atoms with Crippen LogP contribution in [0.3, 0.4) is 0 Å². The lowest BCUT2D eigenvalue weighted by atomic mass is 10.1. The van der Waals surface area contributed by atoms with E-state index in [2.05, 4.69) is 5.10 Å². The highest BCUT2D eigenvalue weighted by molar-refractivity contribution is 6.22. The number of halogens is 3. The van der Waals surface area contributed by atoms with E-state index >= 15 is 0 Å². The van der Waals surface area contributed by atoms with Crippen molar-refractivity contribution in [1.29, 1.82) is 0 Å². The van der Waals surface area contributed by atoms with Crippen LogP contribution in [0.4, 0.5) is 8.78 Å². The molecule has 7 heteroatoms. The molecule has 0 spiro atoms. The van der Waals surface area contributed by atoms with E-state index in [-0.39, 0.29) is 6.42 Å². The number of rotatable bonds is 5. The van der Waals surface area contributed by atoms with E-state index in [1.165, 1.54) is 0 Å². The van der Waals surface area contributed by atoms with Crippen LogP contribution in [0.5, 0.6) is 0 Å². The molecule has 0 aliphatic rings. The van der Waals surface area contributed by atoms with Crippen LogP contribution < -0.4 is 11.3 Å². The molecule has 1 rings (SSSR count). The van der Waals surface area contributed by atoms with Crippen molar-refractivity contribution in [2.24, 2.45) is 12.9 Å². The van der Waals surface area contributed by atoms with Crippen LogP contribution in [-0.2, 0) is 19.9 Å². The maximum Gasteiger partial charge on any atom is 0.338 e. The first-order valence-corrected chi connectivity index (χ1v) is 5.31. The Balaban J connectivity index is 2.82. The van der Waals surface area contributed by atoms with Gasteiger partial charge in [-0.2, -0.15) is 13.9 Å². The third-order valence-corrected chi connectivity index (χ3v) is 2.66. The molecule has 1 aromatic rings. The van der Waals surface area contributed by atoms with Gasteiger partial charge in [0.05, 0.1) is 5.69 Å². The Morgan fingerprint density at radius 2 is 2.31 bits per heavy atom. The van der Waals surface area contributed by atoms with Gasteiger partial charge in [-0.15, -0.1) is 0 Å². The van der Waals surface area contributed by atoms with Gasteiger partial charge in [0.1, 0.15) is 6.04 Å². The summed E-state index contributed by atoms with van der Waals surface area (Å²) in [6.45, 7) is 1.95. The molecule has 1 heterocycles. The van der Waals surface area contributed by atoms with Crippen LogP contribution >= 0.6 is 11.6 Å². The van der Waals surface area contributed by atoms with E-state index in [1.807, 2.05) is 12.3 Å². The summed E-state index contributed by atoms with van der Waals surface area (Å²) < 4.78 is 27.3. The Bertz CT molecular complexity index is 348. The highest BCUT2D eigenvalue weighted by atomic mass is 35.5. The molecule has 1 aromatic heterocycles. The summed E-state index contributed by atoms with van der Waals surface area (Å²) in [5, 5.41) is 0.775. The summed E-state index contributed by atoms with van der Waals surface area (Å²) in [4.78, 5) is 0. The van der Waals surface area contributed by atoms with E-state index in [9.17, 15) is 8.78 Å². The molecule has 0 saturated heterocycles. The van der Waals surface area contributed by atoms with Crippen molar-refractivity contribution in [2.45, 2.75) is 31.2 Å². The Hall–Kier alpha value is -0.720. The molecule has 4 nitrogen and oxygen atoms in total. The SMILES string of the molecule is CCc1cc(CC(NN)C(F)(F)Cl)n(C)n1. The predicted molar refractivity (Wildman–Crippen MR) is 58.2 cm³/mol. The van der Waals surface area contributed by atoms with E-state index in [1.54, 1.807) is 17.8 Å². The Morgan fingerprint density at radius 3 is 2.69 bits per heavy atom. The zero-order chi connectivity index (χ0) is 12.3. The van der Waals surface area contributed by atoms with Crippen molar-refractivity contribution in [1.82, 2.24) is 15.2 Å². The highest BCUT2D eigenvalue weighted by Gasteiger charge is 2.36. The zero-order valence-corrected chi connectivity index (χ0v) is 9.93. The second-order valence-electron chi connectivity index (χ2n) is 3.57. The van der Waals surface area contributed by atoms with Crippen molar-refractivity contribution in [3.8, 4) is 0 Å². The number of nitrogens with zero attached hydrogens (tertiary/aromatic N) is 2. The van der Waals surface area contributed by atoms with Gasteiger partial charge >= 0.3 is 5.38 Å². The molecule has 0 aliphatic heterocycles. The van der Waals surface area contributed by atoms with Gasteiger partial charge in [-0.25, -0.2) is 5.43 Å². The molecule has 1 unspecified atom stereocenters. The quantitative estimate of drug-likeness (QED) is 0.470. The van der Waals surface area contributed by atoms with Crippen LogP contribution in [0.15, 0.2) is 6.07 Å². The van der Waals surface area contributed by atoms with Gasteiger partial charge in [0.25, 0.3) is 0 Å². The summed E-state index contributed by atoms with van der Waals surface area (Å²) in [6, 6.07) is 0.460. The second kappa shape index (κ2) is 5.07. The molecule has 1 atom stereocenters. The van der Waals surface area contributed by atoms with Crippen molar-refractivity contribution < 1.29 is 8.78 Å². The first kappa shape index (κ1) is 13.3. The van der Waals surface area contributed by atoms with Gasteiger partial charge in [-0.3, -0.25) is 10.5 Å². The number of aryl methyl sites for hydroxylation is 2. The summed E-state index contributed by atoms with van der Waals surface area (Å²) in [6.07, 6.45) is 0.780. The minimum atomic E-state index is -3.38. The third kappa shape index (κ3) is 3.13. The molecule has 0 saturated carbocycles. The fourth-order valence-corrected chi connectivity index (χ4v) is 1.55. The minimum Gasteiger partial charge on any atom is -0.272 e. The number of nitrogens with one attached hydrogen (secondary N) is 1. The predicted octanol–water partition coefficient (Wildman–Crippen LogP) is 1.19. The van der Waals surface area contributed by atoms with Crippen molar-refractivity contribution in [3.63, 3.8) is 0 Å². The van der Waals surface area contributed by atoms with Gasteiger partial charge in [-0.05, 0) is 24.1 Å². The Labute approximate surface area is 97.7 Å². The van der Waals surface area contributed by atoms with E-state index < -0.39 is 11.4 Å². The molecular weight excluding hydrogens is 238 g/mol. The maximum atomic E-state index is 12.9. The lowest BCUT2D eigenvalue weighted by molar-refractivity contribution is 0.0495. The molecule has 16 heavy (non-hydrogen) atoms. The van der Waals surface area contributed by atoms with Gasteiger partial charge in [-0.1, -0.05) is 6.92 Å². The Kier molecular flexibility index (Phi) is 4.23. The standard InChI is InChI=1S/C9H15ClF2N4/c1-3-6-4-7(16(2)15-6)5-8(14-13)9(10,11)12/h4,8,14H,3,5,13H2,1-2H3. The average molecular weight is 253 g/mol. The minimum absolute atomic E-state index is 0.0243. The molecule has 3 N–H and O–H groups in total. The zero-order valence-electron chi connectivity index (χ0n) is 9.17. The van der Waals surface area contributed by atoms with Crippen LogP contribution in [0.1, 0.15) is 18.3 Å². The monoisotopic (exact) mass is 252 g/mol. The van der Waals surface area contributed by atoms with E-state index in [0.717, 1.165) is 12.1 Å². The van der Waals surface area contributed by atoms with Gasteiger partial charge in [0.15, 0.2) is 0 Å². The summed E-state index contributed by atoms with van der Waals surface area (Å²) in [5.41, 5.74) is 3.54. The molecular formula is C9H15ClF2N4. The lowest BCUT2D eigenvalue weighted by Gasteiger charge is -2.20.